The van der Waals surface area contributed by atoms with Crippen LogP contribution >= 0.6 is 15.9 Å². The first-order valence-electron chi connectivity index (χ1n) is 6.28. The number of unbranched alkanes of at least 4 members (excludes halogenated alkanes) is 1. The molecule has 0 aliphatic heterocycles. The number of carbonyl (C=O) groups excluding carboxylic acids is 1. The van der Waals surface area contributed by atoms with Crippen molar-refractivity contribution in [3.63, 3.8) is 0 Å². The van der Waals surface area contributed by atoms with Crippen LogP contribution in [0.4, 0.5) is 13.2 Å². The first kappa shape index (κ1) is 18.7. The molecule has 114 valence electrons. The molecule has 0 amide bonds. The molecule has 0 bridgehead atoms. The summed E-state index contributed by atoms with van der Waals surface area (Å²) in [6, 6.07) is 0. The summed E-state index contributed by atoms with van der Waals surface area (Å²) >= 11 is 3.29. The number of aliphatic carboxylic acids is 1. The molecule has 0 aromatic carbocycles. The van der Waals surface area contributed by atoms with Crippen LogP contribution in [0.5, 0.6) is 0 Å². The van der Waals surface area contributed by atoms with Gasteiger partial charge in [0.15, 0.2) is 0 Å². The smallest absolute Gasteiger partial charge is 0.411 e. The Morgan fingerprint density at radius 3 is 2.42 bits per heavy atom. The third-order valence-electron chi connectivity index (χ3n) is 2.57. The van der Waals surface area contributed by atoms with Gasteiger partial charge in [0, 0.05) is 10.8 Å². The fourth-order valence-corrected chi connectivity index (χ4v) is 2.34. The molecule has 2 atom stereocenters. The molecule has 0 saturated carbocycles. The van der Waals surface area contributed by atoms with Gasteiger partial charge in [-0.1, -0.05) is 35.7 Å². The average molecular weight is 348 g/mol. The van der Waals surface area contributed by atoms with Crippen molar-refractivity contribution < 1.29 is 27.8 Å². The van der Waals surface area contributed by atoms with Gasteiger partial charge in [-0.3, -0.25) is 0 Å². The van der Waals surface area contributed by atoms with E-state index in [-0.39, 0.29) is 11.2 Å². The third-order valence-corrected chi connectivity index (χ3v) is 3.61. The normalized spacial score (nSPS) is 15.2. The zero-order chi connectivity index (χ0) is 14.9. The Bertz CT molecular complexity index is 259. The summed E-state index contributed by atoms with van der Waals surface area (Å²) in [5, 5.41) is 10.3. The van der Waals surface area contributed by atoms with Gasteiger partial charge in [0.1, 0.15) is 6.61 Å². The fraction of sp³-hybridized carbons (Fsp3) is 0.917. The van der Waals surface area contributed by atoms with Gasteiger partial charge in [-0.2, -0.15) is 13.2 Å². The predicted molar refractivity (Wildman–Crippen MR) is 66.9 cm³/mol. The van der Waals surface area contributed by atoms with Crippen LogP contribution in [0, 0.1) is 0 Å². The minimum absolute atomic E-state index is 0.0954. The summed E-state index contributed by atoms with van der Waals surface area (Å²) in [5.41, 5.74) is 0. The first-order chi connectivity index (χ1) is 8.76. The summed E-state index contributed by atoms with van der Waals surface area (Å²) in [5.74, 6) is -1.15. The number of hydrogen-bond donors (Lipinski definition) is 0. The van der Waals surface area contributed by atoms with E-state index in [9.17, 15) is 23.1 Å². The van der Waals surface area contributed by atoms with Crippen LogP contribution in [0.1, 0.15) is 45.4 Å². The molecule has 2 unspecified atom stereocenters. The Labute approximate surface area is 119 Å². The van der Waals surface area contributed by atoms with E-state index < -0.39 is 24.9 Å². The lowest BCUT2D eigenvalue weighted by molar-refractivity contribution is -0.305. The second-order valence-corrected chi connectivity index (χ2v) is 5.56. The molecule has 0 aliphatic rings. The number of ether oxygens (including phenoxy) is 1. The number of carboxylic acid groups (broad SMARTS) is 1. The van der Waals surface area contributed by atoms with E-state index in [2.05, 4.69) is 15.9 Å². The highest BCUT2D eigenvalue weighted by Gasteiger charge is 2.30. The maximum Gasteiger partial charge on any atom is 0.411 e. The zero-order valence-corrected chi connectivity index (χ0v) is 12.4. The lowest BCUT2D eigenvalue weighted by Crippen LogP contribution is -2.30. The van der Waals surface area contributed by atoms with Crippen molar-refractivity contribution >= 4 is 21.9 Å². The van der Waals surface area contributed by atoms with Crippen LogP contribution in [0.25, 0.3) is 0 Å². The number of rotatable bonds is 10. The molecule has 0 aromatic rings. The molecule has 0 N–H and O–H groups in total. The second-order valence-electron chi connectivity index (χ2n) is 4.39. The van der Waals surface area contributed by atoms with Crippen LogP contribution in [0.2, 0.25) is 0 Å². The predicted octanol–water partition coefficient (Wildman–Crippen LogP) is 2.81. The quantitative estimate of drug-likeness (QED) is 0.571. The zero-order valence-electron chi connectivity index (χ0n) is 10.8. The van der Waals surface area contributed by atoms with Crippen molar-refractivity contribution in [3.05, 3.63) is 0 Å². The molecule has 0 spiro atoms. The highest BCUT2D eigenvalue weighted by Crippen LogP contribution is 2.24. The monoisotopic (exact) mass is 347 g/mol. The van der Waals surface area contributed by atoms with Gasteiger partial charge >= 0.3 is 6.18 Å². The number of carboxylic acids is 1. The summed E-state index contributed by atoms with van der Waals surface area (Å²) < 4.78 is 41.3. The topological polar surface area (TPSA) is 49.4 Å². The molecular formula is C12H19BrF3O3-. The lowest BCUT2D eigenvalue weighted by atomic mass is 10.0. The maximum absolute atomic E-state index is 12.1. The number of alkyl halides is 4. The van der Waals surface area contributed by atoms with Crippen molar-refractivity contribution in [2.45, 2.75) is 62.6 Å². The molecular weight excluding hydrogens is 329 g/mol. The fourth-order valence-electron chi connectivity index (χ4n) is 1.60. The van der Waals surface area contributed by atoms with Crippen molar-refractivity contribution in [2.24, 2.45) is 0 Å². The SMILES string of the molecule is CCCCC(OCC(F)(F)F)C(Br)CCCC(=O)[O-]. The van der Waals surface area contributed by atoms with Crippen LogP contribution < -0.4 is 5.11 Å². The van der Waals surface area contributed by atoms with E-state index in [0.29, 0.717) is 19.3 Å². The Morgan fingerprint density at radius 2 is 1.95 bits per heavy atom. The Morgan fingerprint density at radius 1 is 1.32 bits per heavy atom. The molecule has 19 heavy (non-hydrogen) atoms. The van der Waals surface area contributed by atoms with Crippen molar-refractivity contribution in [1.29, 1.82) is 0 Å². The molecule has 0 aliphatic carbocycles. The van der Waals surface area contributed by atoms with Crippen LogP contribution in [-0.2, 0) is 9.53 Å². The maximum atomic E-state index is 12.1. The molecule has 3 nitrogen and oxygen atoms in total. The van der Waals surface area contributed by atoms with Gasteiger partial charge < -0.3 is 14.6 Å². The van der Waals surface area contributed by atoms with E-state index in [4.69, 9.17) is 4.74 Å². The van der Waals surface area contributed by atoms with E-state index in [0.717, 1.165) is 12.8 Å². The van der Waals surface area contributed by atoms with Gasteiger partial charge in [-0.05, 0) is 25.7 Å². The van der Waals surface area contributed by atoms with E-state index in [1.807, 2.05) is 6.92 Å². The number of halogens is 4. The molecule has 0 heterocycles. The van der Waals surface area contributed by atoms with Gasteiger partial charge in [0.25, 0.3) is 0 Å². The van der Waals surface area contributed by atoms with Crippen LogP contribution in [0.3, 0.4) is 0 Å². The average Bonchev–Trinajstić information content (AvgIpc) is 2.27. The minimum atomic E-state index is -4.35. The Balaban J connectivity index is 4.18. The third kappa shape index (κ3) is 11.2. The van der Waals surface area contributed by atoms with Crippen LogP contribution in [0.15, 0.2) is 0 Å². The standard InChI is InChI=1S/C12H20BrF3O3/c1-2-3-6-10(19-8-12(14,15)16)9(13)5-4-7-11(17)18/h9-10H,2-8H2,1H3,(H,17,18)/p-1. The highest BCUT2D eigenvalue weighted by atomic mass is 79.9. The highest BCUT2D eigenvalue weighted by molar-refractivity contribution is 9.09. The number of carbonyl (C=O) groups is 1. The van der Waals surface area contributed by atoms with Crippen molar-refractivity contribution in [1.82, 2.24) is 0 Å². The largest absolute Gasteiger partial charge is 0.550 e. The van der Waals surface area contributed by atoms with Gasteiger partial charge in [-0.15, -0.1) is 0 Å². The summed E-state index contributed by atoms with van der Waals surface area (Å²) in [7, 11) is 0. The molecule has 0 aromatic heterocycles. The second kappa shape index (κ2) is 9.58. The molecule has 0 radical (unpaired) electrons. The summed E-state index contributed by atoms with van der Waals surface area (Å²) in [6.07, 6.45) is -2.03. The minimum Gasteiger partial charge on any atom is -0.550 e. The molecule has 0 fully saturated rings. The van der Waals surface area contributed by atoms with Crippen molar-refractivity contribution in [3.8, 4) is 0 Å². The van der Waals surface area contributed by atoms with Gasteiger partial charge in [-0.25, -0.2) is 0 Å². The molecule has 0 saturated heterocycles. The molecule has 7 heteroatoms. The van der Waals surface area contributed by atoms with E-state index >= 15 is 0 Å². The van der Waals surface area contributed by atoms with Crippen LogP contribution in [-0.4, -0.2) is 29.7 Å². The van der Waals surface area contributed by atoms with E-state index in [1.165, 1.54) is 0 Å². The lowest BCUT2D eigenvalue weighted by Gasteiger charge is -2.24. The number of hydrogen-bond acceptors (Lipinski definition) is 3. The Kier molecular flexibility index (Phi) is 9.43. The molecule has 0 rings (SSSR count). The van der Waals surface area contributed by atoms with Gasteiger partial charge in [0.05, 0.1) is 6.10 Å². The summed E-state index contributed by atoms with van der Waals surface area (Å²) in [4.78, 5) is 10.00. The Hall–Kier alpha value is -0.300. The van der Waals surface area contributed by atoms with Gasteiger partial charge in [0.2, 0.25) is 0 Å². The van der Waals surface area contributed by atoms with E-state index in [1.54, 1.807) is 0 Å². The first-order valence-corrected chi connectivity index (χ1v) is 7.20. The van der Waals surface area contributed by atoms with Crippen molar-refractivity contribution in [2.75, 3.05) is 6.61 Å². The summed E-state index contributed by atoms with van der Waals surface area (Å²) in [6.45, 7) is 0.671.